The third kappa shape index (κ3) is 5.11. The zero-order valence-corrected chi connectivity index (χ0v) is 13.7. The topological polar surface area (TPSA) is 38.3 Å². The second-order valence-electron chi connectivity index (χ2n) is 4.89. The SMILES string of the molecule is CCOc1ccc(SCC(=O)NC(C)c2ccccc2)cc1. The first-order chi connectivity index (χ1) is 10.7. The average Bonchev–Trinajstić information content (AvgIpc) is 2.55. The molecule has 0 spiro atoms. The van der Waals surface area contributed by atoms with E-state index in [1.54, 1.807) is 0 Å². The summed E-state index contributed by atoms with van der Waals surface area (Å²) in [5, 5.41) is 3.01. The quantitative estimate of drug-likeness (QED) is 0.783. The molecular formula is C18H21NO2S. The zero-order valence-electron chi connectivity index (χ0n) is 12.9. The molecular weight excluding hydrogens is 294 g/mol. The first kappa shape index (κ1) is 16.4. The molecule has 1 amide bonds. The van der Waals surface area contributed by atoms with Crippen molar-refractivity contribution in [3.05, 3.63) is 60.2 Å². The molecule has 0 saturated heterocycles. The fourth-order valence-corrected chi connectivity index (χ4v) is 2.77. The molecule has 0 bridgehead atoms. The van der Waals surface area contributed by atoms with Gasteiger partial charge in [-0.15, -0.1) is 11.8 Å². The molecule has 2 rings (SSSR count). The van der Waals surface area contributed by atoms with Gasteiger partial charge in [0.25, 0.3) is 0 Å². The summed E-state index contributed by atoms with van der Waals surface area (Å²) in [6.45, 7) is 4.61. The van der Waals surface area contributed by atoms with Gasteiger partial charge < -0.3 is 10.1 Å². The molecule has 0 saturated carbocycles. The van der Waals surface area contributed by atoms with E-state index in [0.717, 1.165) is 16.2 Å². The predicted molar refractivity (Wildman–Crippen MR) is 91.3 cm³/mol. The first-order valence-corrected chi connectivity index (χ1v) is 8.37. The van der Waals surface area contributed by atoms with Gasteiger partial charge in [-0.3, -0.25) is 4.79 Å². The van der Waals surface area contributed by atoms with Crippen LogP contribution >= 0.6 is 11.8 Å². The van der Waals surface area contributed by atoms with Crippen LogP contribution in [0, 0.1) is 0 Å². The number of hydrogen-bond acceptors (Lipinski definition) is 3. The van der Waals surface area contributed by atoms with Crippen molar-refractivity contribution in [1.29, 1.82) is 0 Å². The minimum atomic E-state index is 0.0228. The van der Waals surface area contributed by atoms with Crippen molar-refractivity contribution in [2.45, 2.75) is 24.8 Å². The maximum absolute atomic E-state index is 12.0. The van der Waals surface area contributed by atoms with Gasteiger partial charge in [-0.1, -0.05) is 30.3 Å². The summed E-state index contributed by atoms with van der Waals surface area (Å²) in [6, 6.07) is 17.8. The fraction of sp³-hybridized carbons (Fsp3) is 0.278. The number of rotatable bonds is 7. The largest absolute Gasteiger partial charge is 0.494 e. The van der Waals surface area contributed by atoms with Crippen molar-refractivity contribution in [3.8, 4) is 5.75 Å². The molecule has 0 aliphatic carbocycles. The van der Waals surface area contributed by atoms with Gasteiger partial charge in [-0.05, 0) is 43.7 Å². The Bertz CT molecular complexity index is 584. The maximum atomic E-state index is 12.0. The lowest BCUT2D eigenvalue weighted by Gasteiger charge is -2.14. The minimum absolute atomic E-state index is 0.0228. The molecule has 3 nitrogen and oxygen atoms in total. The molecule has 22 heavy (non-hydrogen) atoms. The van der Waals surface area contributed by atoms with Crippen LogP contribution < -0.4 is 10.1 Å². The summed E-state index contributed by atoms with van der Waals surface area (Å²) in [5.41, 5.74) is 1.11. The highest BCUT2D eigenvalue weighted by Crippen LogP contribution is 2.21. The van der Waals surface area contributed by atoms with Gasteiger partial charge in [0.05, 0.1) is 18.4 Å². The van der Waals surface area contributed by atoms with Gasteiger partial charge in [0.2, 0.25) is 5.91 Å². The van der Waals surface area contributed by atoms with Crippen LogP contribution in [0.4, 0.5) is 0 Å². The highest BCUT2D eigenvalue weighted by molar-refractivity contribution is 8.00. The van der Waals surface area contributed by atoms with Gasteiger partial charge >= 0.3 is 0 Å². The van der Waals surface area contributed by atoms with E-state index in [1.165, 1.54) is 11.8 Å². The number of carbonyl (C=O) groups excluding carboxylic acids is 1. The predicted octanol–water partition coefficient (Wildman–Crippen LogP) is 4.05. The van der Waals surface area contributed by atoms with Crippen LogP contribution in [-0.4, -0.2) is 18.3 Å². The molecule has 0 aliphatic rings. The fourth-order valence-electron chi connectivity index (χ4n) is 2.06. The highest BCUT2D eigenvalue weighted by Gasteiger charge is 2.09. The zero-order chi connectivity index (χ0) is 15.8. The lowest BCUT2D eigenvalue weighted by Crippen LogP contribution is -2.28. The molecule has 0 fully saturated rings. The summed E-state index contributed by atoms with van der Waals surface area (Å²) in [6.07, 6.45) is 0. The first-order valence-electron chi connectivity index (χ1n) is 7.39. The van der Waals surface area contributed by atoms with Gasteiger partial charge in [0, 0.05) is 4.90 Å². The Hall–Kier alpha value is -1.94. The Morgan fingerprint density at radius 2 is 1.82 bits per heavy atom. The number of hydrogen-bond donors (Lipinski definition) is 1. The number of nitrogens with one attached hydrogen (secondary N) is 1. The van der Waals surface area contributed by atoms with Crippen LogP contribution in [0.15, 0.2) is 59.5 Å². The Kier molecular flexibility index (Phi) is 6.34. The molecule has 1 N–H and O–H groups in total. The van der Waals surface area contributed by atoms with E-state index in [-0.39, 0.29) is 11.9 Å². The highest BCUT2D eigenvalue weighted by atomic mass is 32.2. The van der Waals surface area contributed by atoms with Crippen molar-refractivity contribution < 1.29 is 9.53 Å². The van der Waals surface area contributed by atoms with E-state index in [4.69, 9.17) is 4.74 Å². The van der Waals surface area contributed by atoms with E-state index in [9.17, 15) is 4.79 Å². The van der Waals surface area contributed by atoms with Crippen LogP contribution in [0.1, 0.15) is 25.5 Å². The van der Waals surface area contributed by atoms with E-state index in [2.05, 4.69) is 5.32 Å². The number of benzene rings is 2. The Morgan fingerprint density at radius 3 is 2.45 bits per heavy atom. The summed E-state index contributed by atoms with van der Waals surface area (Å²) in [5.74, 6) is 1.30. The Labute approximate surface area is 136 Å². The van der Waals surface area contributed by atoms with Gasteiger partial charge in [-0.25, -0.2) is 0 Å². The van der Waals surface area contributed by atoms with Crippen molar-refractivity contribution in [1.82, 2.24) is 5.32 Å². The number of thioether (sulfide) groups is 1. The molecule has 2 aromatic rings. The summed E-state index contributed by atoms with van der Waals surface area (Å²) in [7, 11) is 0. The lowest BCUT2D eigenvalue weighted by molar-refractivity contribution is -0.119. The molecule has 1 unspecified atom stereocenters. The van der Waals surface area contributed by atoms with E-state index in [0.29, 0.717) is 12.4 Å². The molecule has 0 heterocycles. The monoisotopic (exact) mass is 315 g/mol. The minimum Gasteiger partial charge on any atom is -0.494 e. The van der Waals surface area contributed by atoms with Gasteiger partial charge in [0.15, 0.2) is 0 Å². The smallest absolute Gasteiger partial charge is 0.230 e. The van der Waals surface area contributed by atoms with E-state index >= 15 is 0 Å². The van der Waals surface area contributed by atoms with Gasteiger partial charge in [0.1, 0.15) is 5.75 Å². The van der Waals surface area contributed by atoms with Gasteiger partial charge in [-0.2, -0.15) is 0 Å². The van der Waals surface area contributed by atoms with Crippen LogP contribution in [-0.2, 0) is 4.79 Å². The molecule has 116 valence electrons. The van der Waals surface area contributed by atoms with Crippen LogP contribution in [0.5, 0.6) is 5.75 Å². The van der Waals surface area contributed by atoms with E-state index < -0.39 is 0 Å². The van der Waals surface area contributed by atoms with Crippen molar-refractivity contribution in [2.75, 3.05) is 12.4 Å². The summed E-state index contributed by atoms with van der Waals surface area (Å²) < 4.78 is 5.40. The molecule has 0 radical (unpaired) electrons. The second kappa shape index (κ2) is 8.49. The molecule has 0 aliphatic heterocycles. The molecule has 2 aromatic carbocycles. The van der Waals surface area contributed by atoms with Crippen LogP contribution in [0.25, 0.3) is 0 Å². The van der Waals surface area contributed by atoms with Crippen LogP contribution in [0.2, 0.25) is 0 Å². The third-order valence-corrected chi connectivity index (χ3v) is 4.19. The molecule has 1 atom stereocenters. The second-order valence-corrected chi connectivity index (χ2v) is 5.94. The van der Waals surface area contributed by atoms with Crippen LogP contribution in [0.3, 0.4) is 0 Å². The lowest BCUT2D eigenvalue weighted by atomic mass is 10.1. The average molecular weight is 315 g/mol. The number of carbonyl (C=O) groups is 1. The van der Waals surface area contributed by atoms with Crippen molar-refractivity contribution >= 4 is 17.7 Å². The third-order valence-electron chi connectivity index (χ3n) is 3.18. The molecule has 4 heteroatoms. The Morgan fingerprint density at radius 1 is 1.14 bits per heavy atom. The standard InChI is InChI=1S/C18H21NO2S/c1-3-21-16-9-11-17(12-10-16)22-13-18(20)19-14(2)15-7-5-4-6-8-15/h4-12,14H,3,13H2,1-2H3,(H,19,20). The summed E-state index contributed by atoms with van der Waals surface area (Å²) >= 11 is 1.52. The van der Waals surface area contributed by atoms with E-state index in [1.807, 2.05) is 68.4 Å². The maximum Gasteiger partial charge on any atom is 0.230 e. The number of ether oxygens (including phenoxy) is 1. The van der Waals surface area contributed by atoms with Crippen molar-refractivity contribution in [3.63, 3.8) is 0 Å². The Balaban J connectivity index is 1.80. The summed E-state index contributed by atoms with van der Waals surface area (Å²) in [4.78, 5) is 13.1. The number of amides is 1. The van der Waals surface area contributed by atoms with Crippen molar-refractivity contribution in [2.24, 2.45) is 0 Å². The molecule has 0 aromatic heterocycles. The normalized spacial score (nSPS) is 11.7.